The molecule has 138 valence electrons. The highest BCUT2D eigenvalue weighted by molar-refractivity contribution is 7.89. The van der Waals surface area contributed by atoms with Gasteiger partial charge in [0.15, 0.2) is 5.82 Å². The fourth-order valence-corrected chi connectivity index (χ4v) is 3.83. The molecule has 1 N–H and O–H groups in total. The summed E-state index contributed by atoms with van der Waals surface area (Å²) in [6.45, 7) is 1.57. The number of sulfonamides is 1. The SMILES string of the molecule is Cc1noc(CNS(=O)(=O)c2ccc(C3=CN=C4CC(F)=CC=C34)cc2)n1. The first-order chi connectivity index (χ1) is 12.9. The molecule has 0 spiro atoms. The fraction of sp³-hybridized carbons (Fsp3) is 0.167. The van der Waals surface area contributed by atoms with Crippen LogP contribution in [0, 0.1) is 6.92 Å². The first-order valence-corrected chi connectivity index (χ1v) is 9.64. The molecule has 0 saturated heterocycles. The van der Waals surface area contributed by atoms with Crippen LogP contribution in [-0.2, 0) is 16.6 Å². The summed E-state index contributed by atoms with van der Waals surface area (Å²) in [6.07, 6.45) is 4.97. The fourth-order valence-electron chi connectivity index (χ4n) is 2.85. The van der Waals surface area contributed by atoms with E-state index in [-0.39, 0.29) is 29.6 Å². The Bertz CT molecular complexity index is 1130. The van der Waals surface area contributed by atoms with E-state index in [2.05, 4.69) is 19.9 Å². The van der Waals surface area contributed by atoms with Crippen molar-refractivity contribution in [1.29, 1.82) is 0 Å². The lowest BCUT2D eigenvalue weighted by Gasteiger charge is -2.12. The van der Waals surface area contributed by atoms with Crippen LogP contribution in [-0.4, -0.2) is 24.3 Å². The molecule has 7 nitrogen and oxygen atoms in total. The first-order valence-electron chi connectivity index (χ1n) is 8.15. The monoisotopic (exact) mass is 386 g/mol. The smallest absolute Gasteiger partial charge is 0.241 e. The van der Waals surface area contributed by atoms with Gasteiger partial charge in [-0.3, -0.25) is 4.99 Å². The molecular formula is C18H15FN4O3S. The lowest BCUT2D eigenvalue weighted by atomic mass is 9.93. The number of benzene rings is 1. The molecule has 27 heavy (non-hydrogen) atoms. The van der Waals surface area contributed by atoms with Gasteiger partial charge in [-0.25, -0.2) is 17.5 Å². The summed E-state index contributed by atoms with van der Waals surface area (Å²) in [4.78, 5) is 8.33. The van der Waals surface area contributed by atoms with Crippen molar-refractivity contribution in [3.63, 3.8) is 0 Å². The minimum atomic E-state index is -3.72. The van der Waals surface area contributed by atoms with Gasteiger partial charge in [0.1, 0.15) is 5.83 Å². The van der Waals surface area contributed by atoms with Crippen LogP contribution in [0.5, 0.6) is 0 Å². The number of hydrogen-bond donors (Lipinski definition) is 1. The van der Waals surface area contributed by atoms with Gasteiger partial charge in [0.05, 0.1) is 17.2 Å². The third kappa shape index (κ3) is 3.51. The van der Waals surface area contributed by atoms with E-state index < -0.39 is 10.0 Å². The second-order valence-corrected chi connectivity index (χ2v) is 7.84. The maximum Gasteiger partial charge on any atom is 0.241 e. The highest BCUT2D eigenvalue weighted by Gasteiger charge is 2.23. The Hall–Kier alpha value is -2.91. The van der Waals surface area contributed by atoms with Crippen molar-refractivity contribution in [2.24, 2.45) is 4.99 Å². The van der Waals surface area contributed by atoms with E-state index in [1.807, 2.05) is 0 Å². The van der Waals surface area contributed by atoms with E-state index in [1.165, 1.54) is 18.2 Å². The number of halogens is 1. The maximum absolute atomic E-state index is 13.4. The average molecular weight is 386 g/mol. The molecule has 0 saturated carbocycles. The molecule has 0 amide bonds. The van der Waals surface area contributed by atoms with Crippen molar-refractivity contribution in [3.8, 4) is 0 Å². The molecule has 2 aliphatic rings. The van der Waals surface area contributed by atoms with Crippen molar-refractivity contribution >= 4 is 21.3 Å². The second kappa shape index (κ2) is 6.67. The second-order valence-electron chi connectivity index (χ2n) is 6.07. The van der Waals surface area contributed by atoms with Crippen LogP contribution in [0.15, 0.2) is 68.4 Å². The van der Waals surface area contributed by atoms with Gasteiger partial charge >= 0.3 is 0 Å². The van der Waals surface area contributed by atoms with Crippen LogP contribution < -0.4 is 4.72 Å². The zero-order valence-electron chi connectivity index (χ0n) is 14.3. The van der Waals surface area contributed by atoms with Gasteiger partial charge in [0.2, 0.25) is 15.9 Å². The number of aliphatic imine (C=N–C) groups is 1. The summed E-state index contributed by atoms with van der Waals surface area (Å²) in [7, 11) is -3.72. The molecule has 1 aromatic heterocycles. The number of aromatic nitrogens is 2. The van der Waals surface area contributed by atoms with Crippen molar-refractivity contribution in [1.82, 2.24) is 14.9 Å². The number of hydrogen-bond acceptors (Lipinski definition) is 6. The minimum absolute atomic E-state index is 0.0853. The van der Waals surface area contributed by atoms with Gasteiger partial charge in [-0.1, -0.05) is 17.3 Å². The van der Waals surface area contributed by atoms with Gasteiger partial charge in [-0.15, -0.1) is 0 Å². The molecule has 2 aromatic rings. The van der Waals surface area contributed by atoms with Crippen molar-refractivity contribution < 1.29 is 17.3 Å². The van der Waals surface area contributed by atoms with Gasteiger partial charge in [-0.2, -0.15) is 4.98 Å². The van der Waals surface area contributed by atoms with E-state index in [0.29, 0.717) is 11.5 Å². The molecule has 0 unspecified atom stereocenters. The Morgan fingerprint density at radius 1 is 1.19 bits per heavy atom. The topological polar surface area (TPSA) is 97.5 Å². The summed E-state index contributed by atoms with van der Waals surface area (Å²) in [5.41, 5.74) is 3.18. The van der Waals surface area contributed by atoms with Crippen LogP contribution in [0.25, 0.3) is 5.57 Å². The van der Waals surface area contributed by atoms with Gasteiger partial charge in [0, 0.05) is 23.8 Å². The number of nitrogens with one attached hydrogen (secondary N) is 1. The van der Waals surface area contributed by atoms with Gasteiger partial charge in [-0.05, 0) is 36.8 Å². The molecule has 0 atom stereocenters. The number of rotatable bonds is 5. The Kier molecular flexibility index (Phi) is 4.33. The molecular weight excluding hydrogens is 371 g/mol. The van der Waals surface area contributed by atoms with E-state index >= 15 is 0 Å². The standard InChI is InChI=1S/C18H15FN4O3S/c1-11-22-18(26-23-11)10-21-27(24,25)14-5-2-12(3-6-14)16-9-20-17-8-13(19)4-7-15(16)17/h2-7,9,21H,8,10H2,1H3. The first kappa shape index (κ1) is 17.5. The average Bonchev–Trinajstić information content (AvgIpc) is 3.26. The Morgan fingerprint density at radius 2 is 1.96 bits per heavy atom. The predicted molar refractivity (Wildman–Crippen MR) is 96.8 cm³/mol. The third-order valence-electron chi connectivity index (χ3n) is 4.18. The summed E-state index contributed by atoms with van der Waals surface area (Å²) in [5, 5.41) is 3.61. The van der Waals surface area contributed by atoms with Gasteiger partial charge < -0.3 is 4.52 Å². The van der Waals surface area contributed by atoms with E-state index in [4.69, 9.17) is 4.52 Å². The molecule has 4 rings (SSSR count). The normalized spacial score (nSPS) is 16.4. The van der Waals surface area contributed by atoms with Gasteiger partial charge in [0.25, 0.3) is 0 Å². The number of allylic oxidation sites excluding steroid dienone is 5. The van der Waals surface area contributed by atoms with Crippen LogP contribution in [0.2, 0.25) is 0 Å². The molecule has 0 radical (unpaired) electrons. The maximum atomic E-state index is 13.4. The molecule has 0 bridgehead atoms. The molecule has 1 aliphatic heterocycles. The Labute approximate surface area is 155 Å². The van der Waals surface area contributed by atoms with Crippen molar-refractivity contribution in [3.05, 3.63) is 71.3 Å². The van der Waals surface area contributed by atoms with Crippen molar-refractivity contribution in [2.45, 2.75) is 24.8 Å². The van der Waals surface area contributed by atoms with E-state index in [0.717, 1.165) is 16.7 Å². The largest absolute Gasteiger partial charge is 0.338 e. The van der Waals surface area contributed by atoms with Crippen LogP contribution in [0.1, 0.15) is 23.7 Å². The van der Waals surface area contributed by atoms with Crippen LogP contribution in [0.4, 0.5) is 4.39 Å². The van der Waals surface area contributed by atoms with E-state index in [9.17, 15) is 12.8 Å². The van der Waals surface area contributed by atoms with Crippen LogP contribution in [0.3, 0.4) is 0 Å². The Balaban J connectivity index is 1.51. The zero-order chi connectivity index (χ0) is 19.0. The quantitative estimate of drug-likeness (QED) is 0.852. The highest BCUT2D eigenvalue weighted by atomic mass is 32.2. The summed E-state index contributed by atoms with van der Waals surface area (Å²) in [6, 6.07) is 6.42. The number of aryl methyl sites for hydroxylation is 1. The molecule has 1 aromatic carbocycles. The molecule has 0 fully saturated rings. The van der Waals surface area contributed by atoms with Crippen LogP contribution >= 0.6 is 0 Å². The Morgan fingerprint density at radius 3 is 2.67 bits per heavy atom. The lowest BCUT2D eigenvalue weighted by molar-refractivity contribution is 0.372. The molecule has 2 heterocycles. The van der Waals surface area contributed by atoms with E-state index in [1.54, 1.807) is 31.3 Å². The lowest BCUT2D eigenvalue weighted by Crippen LogP contribution is -2.23. The highest BCUT2D eigenvalue weighted by Crippen LogP contribution is 2.34. The predicted octanol–water partition coefficient (Wildman–Crippen LogP) is 2.84. The number of nitrogens with zero attached hydrogens (tertiary/aromatic N) is 3. The minimum Gasteiger partial charge on any atom is -0.338 e. The molecule has 1 aliphatic carbocycles. The summed E-state index contributed by atoms with van der Waals surface area (Å²) < 4.78 is 45.5. The van der Waals surface area contributed by atoms with Crippen molar-refractivity contribution in [2.75, 3.05) is 0 Å². The summed E-state index contributed by atoms with van der Waals surface area (Å²) in [5.74, 6) is 0.404. The molecule has 9 heteroatoms. The third-order valence-corrected chi connectivity index (χ3v) is 5.59. The summed E-state index contributed by atoms with van der Waals surface area (Å²) >= 11 is 0. The number of fused-ring (bicyclic) bond motifs is 1. The zero-order valence-corrected chi connectivity index (χ0v) is 15.1.